The highest BCUT2D eigenvalue weighted by Gasteiger charge is 2.09. The molecule has 0 aliphatic carbocycles. The lowest BCUT2D eigenvalue weighted by Crippen LogP contribution is -1.85. The van der Waals surface area contributed by atoms with Crippen LogP contribution in [0.4, 0.5) is 0 Å². The first-order valence-electron chi connectivity index (χ1n) is 8.28. The van der Waals surface area contributed by atoms with Crippen LogP contribution in [-0.2, 0) is 5.75 Å². The molecule has 2 aromatic carbocycles. The van der Waals surface area contributed by atoms with Gasteiger partial charge in [-0.15, -0.1) is 10.2 Å². The molecule has 0 saturated heterocycles. The summed E-state index contributed by atoms with van der Waals surface area (Å²) in [6.45, 7) is 0. The highest BCUT2D eigenvalue weighted by Crippen LogP contribution is 2.27. The van der Waals surface area contributed by atoms with Gasteiger partial charge in [0, 0.05) is 18.1 Å². The number of hydrogen-bond donors (Lipinski definition) is 0. The summed E-state index contributed by atoms with van der Waals surface area (Å²) < 4.78 is 5.68. The fraction of sp³-hybridized carbons (Fsp3) is 0.0476. The summed E-state index contributed by atoms with van der Waals surface area (Å²) in [5, 5.41) is 17.9. The summed E-state index contributed by atoms with van der Waals surface area (Å²) in [5.74, 6) is 1.18. The van der Waals surface area contributed by atoms with E-state index in [2.05, 4.69) is 33.4 Å². The van der Waals surface area contributed by atoms with Gasteiger partial charge in [0.1, 0.15) is 0 Å². The van der Waals surface area contributed by atoms with Crippen molar-refractivity contribution in [3.05, 3.63) is 84.2 Å². The van der Waals surface area contributed by atoms with E-state index in [1.165, 1.54) is 11.8 Å². The van der Waals surface area contributed by atoms with Crippen molar-refractivity contribution in [1.29, 1.82) is 5.26 Å². The number of rotatable bonds is 5. The van der Waals surface area contributed by atoms with Gasteiger partial charge in [-0.25, -0.2) is 0 Å². The van der Waals surface area contributed by atoms with E-state index < -0.39 is 0 Å². The van der Waals surface area contributed by atoms with Gasteiger partial charge in [0.15, 0.2) is 0 Å². The third-order valence-corrected chi connectivity index (χ3v) is 4.88. The fourth-order valence-electron chi connectivity index (χ4n) is 2.63. The molecule has 0 atom stereocenters. The molecule has 2 aromatic heterocycles. The monoisotopic (exact) mass is 370 g/mol. The van der Waals surface area contributed by atoms with E-state index in [-0.39, 0.29) is 0 Å². The summed E-state index contributed by atoms with van der Waals surface area (Å²) in [4.78, 5) is 4.05. The van der Waals surface area contributed by atoms with Crippen LogP contribution >= 0.6 is 11.8 Å². The Morgan fingerprint density at radius 1 is 0.926 bits per heavy atom. The quantitative estimate of drug-likeness (QED) is 0.462. The smallest absolute Gasteiger partial charge is 0.277 e. The number of hydrogen-bond acceptors (Lipinski definition) is 6. The van der Waals surface area contributed by atoms with Crippen molar-refractivity contribution in [3.8, 4) is 28.7 Å². The molecular formula is C21H14N4OS. The van der Waals surface area contributed by atoms with Crippen LogP contribution in [0.15, 0.2) is 82.7 Å². The van der Waals surface area contributed by atoms with Crippen molar-refractivity contribution in [1.82, 2.24) is 15.2 Å². The summed E-state index contributed by atoms with van der Waals surface area (Å²) in [7, 11) is 0. The van der Waals surface area contributed by atoms with Gasteiger partial charge >= 0.3 is 0 Å². The van der Waals surface area contributed by atoms with Crippen LogP contribution in [0.1, 0.15) is 11.1 Å². The standard InChI is InChI=1S/C21H14N4OS/c22-12-17-4-1-2-6-19(17)16-9-7-15(8-10-16)14-27-21-25-24-20(26-21)18-5-3-11-23-13-18/h1-11,13H,14H2. The first-order valence-corrected chi connectivity index (χ1v) is 9.27. The van der Waals surface area contributed by atoms with Crippen molar-refractivity contribution >= 4 is 11.8 Å². The Bertz CT molecular complexity index is 1090. The summed E-state index contributed by atoms with van der Waals surface area (Å²) in [6.07, 6.45) is 3.40. The van der Waals surface area contributed by atoms with E-state index in [1.807, 2.05) is 48.5 Å². The van der Waals surface area contributed by atoms with E-state index in [0.29, 0.717) is 16.7 Å². The lowest BCUT2D eigenvalue weighted by molar-refractivity contribution is 0.465. The van der Waals surface area contributed by atoms with Crippen molar-refractivity contribution in [2.24, 2.45) is 0 Å². The van der Waals surface area contributed by atoms with E-state index in [1.54, 1.807) is 12.4 Å². The normalized spacial score (nSPS) is 10.5. The number of nitriles is 1. The zero-order valence-corrected chi connectivity index (χ0v) is 15.1. The second-order valence-corrected chi connectivity index (χ2v) is 6.68. The Morgan fingerprint density at radius 3 is 2.56 bits per heavy atom. The largest absolute Gasteiger partial charge is 0.411 e. The van der Waals surface area contributed by atoms with Gasteiger partial charge in [-0.3, -0.25) is 4.98 Å². The van der Waals surface area contributed by atoms with Gasteiger partial charge in [-0.2, -0.15) is 5.26 Å². The van der Waals surface area contributed by atoms with Crippen LogP contribution in [0.2, 0.25) is 0 Å². The van der Waals surface area contributed by atoms with Gasteiger partial charge in [0.25, 0.3) is 5.22 Å². The molecule has 4 rings (SSSR count). The summed E-state index contributed by atoms with van der Waals surface area (Å²) in [5.41, 5.74) is 4.58. The topological polar surface area (TPSA) is 75.6 Å². The van der Waals surface area contributed by atoms with Crippen molar-refractivity contribution in [2.75, 3.05) is 0 Å². The van der Waals surface area contributed by atoms with Crippen molar-refractivity contribution in [3.63, 3.8) is 0 Å². The third-order valence-electron chi connectivity index (χ3n) is 3.99. The van der Waals surface area contributed by atoms with Gasteiger partial charge < -0.3 is 4.42 Å². The SMILES string of the molecule is N#Cc1ccccc1-c1ccc(CSc2nnc(-c3cccnc3)o2)cc1. The van der Waals surface area contributed by atoms with Crippen LogP contribution < -0.4 is 0 Å². The highest BCUT2D eigenvalue weighted by molar-refractivity contribution is 7.98. The molecule has 2 heterocycles. The molecule has 4 aromatic rings. The lowest BCUT2D eigenvalue weighted by Gasteiger charge is -2.05. The molecule has 0 aliphatic heterocycles. The maximum atomic E-state index is 9.25. The molecule has 5 nitrogen and oxygen atoms in total. The molecule has 0 fully saturated rings. The molecule has 130 valence electrons. The molecule has 0 spiro atoms. The maximum absolute atomic E-state index is 9.25. The Kier molecular flexibility index (Phi) is 4.95. The maximum Gasteiger partial charge on any atom is 0.277 e. The fourth-order valence-corrected chi connectivity index (χ4v) is 3.35. The van der Waals surface area contributed by atoms with Crippen LogP contribution in [0.25, 0.3) is 22.6 Å². The summed E-state index contributed by atoms with van der Waals surface area (Å²) in [6, 6.07) is 21.7. The van der Waals surface area contributed by atoms with Gasteiger partial charge in [0.05, 0.1) is 17.2 Å². The van der Waals surface area contributed by atoms with E-state index in [0.717, 1.165) is 28.0 Å². The van der Waals surface area contributed by atoms with Gasteiger partial charge in [-0.1, -0.05) is 54.2 Å². The average molecular weight is 370 g/mol. The second-order valence-electron chi connectivity index (χ2n) is 5.76. The first-order chi connectivity index (χ1) is 13.3. The number of pyridine rings is 1. The predicted molar refractivity (Wildman–Crippen MR) is 104 cm³/mol. The van der Waals surface area contributed by atoms with Crippen LogP contribution in [-0.4, -0.2) is 15.2 Å². The number of nitrogens with zero attached hydrogens (tertiary/aromatic N) is 4. The molecule has 0 N–H and O–H groups in total. The molecule has 27 heavy (non-hydrogen) atoms. The third kappa shape index (κ3) is 3.89. The van der Waals surface area contributed by atoms with E-state index >= 15 is 0 Å². The van der Waals surface area contributed by atoms with Crippen molar-refractivity contribution < 1.29 is 4.42 Å². The molecule has 6 heteroatoms. The molecule has 0 amide bonds. The van der Waals surface area contributed by atoms with Crippen LogP contribution in [0, 0.1) is 11.3 Å². The van der Waals surface area contributed by atoms with Crippen molar-refractivity contribution in [2.45, 2.75) is 11.0 Å². The minimum absolute atomic E-state index is 0.467. The predicted octanol–water partition coefficient (Wildman–Crippen LogP) is 4.96. The number of benzene rings is 2. The van der Waals surface area contributed by atoms with Crippen LogP contribution in [0.5, 0.6) is 0 Å². The highest BCUT2D eigenvalue weighted by atomic mass is 32.2. The Hall–Kier alpha value is -3.43. The molecule has 0 bridgehead atoms. The summed E-state index contributed by atoms with van der Waals surface area (Å²) >= 11 is 1.49. The lowest BCUT2D eigenvalue weighted by atomic mass is 10.00. The number of thioether (sulfide) groups is 1. The second kappa shape index (κ2) is 7.85. The Balaban J connectivity index is 1.44. The van der Waals surface area contributed by atoms with E-state index in [9.17, 15) is 5.26 Å². The molecule has 0 unspecified atom stereocenters. The first kappa shape index (κ1) is 17.0. The van der Waals surface area contributed by atoms with Gasteiger partial charge in [0.2, 0.25) is 5.89 Å². The van der Waals surface area contributed by atoms with Gasteiger partial charge in [-0.05, 0) is 34.9 Å². The molecule has 0 aliphatic rings. The minimum Gasteiger partial charge on any atom is -0.411 e. The minimum atomic E-state index is 0.467. The molecule has 0 radical (unpaired) electrons. The number of aromatic nitrogens is 3. The van der Waals surface area contributed by atoms with E-state index in [4.69, 9.17) is 4.42 Å². The van der Waals surface area contributed by atoms with Crippen LogP contribution in [0.3, 0.4) is 0 Å². The Labute approximate surface area is 160 Å². The molecular weight excluding hydrogens is 356 g/mol. The average Bonchev–Trinajstić information content (AvgIpc) is 3.22. The zero-order valence-electron chi connectivity index (χ0n) is 14.2. The molecule has 0 saturated carbocycles. The Morgan fingerprint density at radius 2 is 1.78 bits per heavy atom. The zero-order chi connectivity index (χ0) is 18.5.